The van der Waals surface area contributed by atoms with E-state index in [1.165, 1.54) is 28.4 Å². The zero-order valence-electron chi connectivity index (χ0n) is 22.2. The lowest BCUT2D eigenvalue weighted by atomic mass is 10.1. The zero-order chi connectivity index (χ0) is 27.6. The van der Waals surface area contributed by atoms with Crippen LogP contribution in [-0.4, -0.2) is 57.1 Å². The number of benzene rings is 2. The maximum atomic E-state index is 13.4. The van der Waals surface area contributed by atoms with Gasteiger partial charge in [-0.3, -0.25) is 13.9 Å². The molecule has 0 aliphatic rings. The zero-order valence-corrected chi connectivity index (χ0v) is 23.1. The largest absolute Gasteiger partial charge is 0.497 e. The second-order valence-corrected chi connectivity index (χ2v) is 10.9. The minimum Gasteiger partial charge on any atom is -0.497 e. The molecule has 2 aromatic rings. The van der Waals surface area contributed by atoms with Gasteiger partial charge in [0.25, 0.3) is 0 Å². The molecule has 0 radical (unpaired) electrons. The van der Waals surface area contributed by atoms with Gasteiger partial charge in [0, 0.05) is 25.6 Å². The molecule has 2 rings (SSSR count). The van der Waals surface area contributed by atoms with Crippen molar-refractivity contribution in [2.45, 2.75) is 65.1 Å². The second-order valence-electron chi connectivity index (χ2n) is 9.03. The Balaban J connectivity index is 2.21. The Morgan fingerprint density at radius 1 is 1.03 bits per heavy atom. The highest BCUT2D eigenvalue weighted by Crippen LogP contribution is 2.22. The lowest BCUT2D eigenvalue weighted by Crippen LogP contribution is -2.50. The summed E-state index contributed by atoms with van der Waals surface area (Å²) in [5.41, 5.74) is 1.17. The molecule has 0 aliphatic carbocycles. The fraction of sp³-hybridized carbons (Fsp3) is 0.481. The molecule has 204 valence electrons. The van der Waals surface area contributed by atoms with Crippen LogP contribution in [0.2, 0.25) is 0 Å². The lowest BCUT2D eigenvalue weighted by Gasteiger charge is -2.32. The van der Waals surface area contributed by atoms with Gasteiger partial charge in [-0.15, -0.1) is 0 Å². The summed E-state index contributed by atoms with van der Waals surface area (Å²) in [5.74, 6) is -0.311. The van der Waals surface area contributed by atoms with E-state index in [1.807, 2.05) is 20.8 Å². The van der Waals surface area contributed by atoms with Gasteiger partial charge in [0.1, 0.15) is 17.6 Å². The van der Waals surface area contributed by atoms with Crippen molar-refractivity contribution in [3.8, 4) is 5.75 Å². The van der Waals surface area contributed by atoms with Gasteiger partial charge in [-0.25, -0.2) is 12.8 Å². The summed E-state index contributed by atoms with van der Waals surface area (Å²) in [6.07, 6.45) is 2.56. The third-order valence-corrected chi connectivity index (χ3v) is 7.36. The summed E-state index contributed by atoms with van der Waals surface area (Å²) in [6, 6.07) is 11.7. The van der Waals surface area contributed by atoms with Crippen LogP contribution in [-0.2, 0) is 26.2 Å². The van der Waals surface area contributed by atoms with Crippen LogP contribution in [0.25, 0.3) is 0 Å². The summed E-state index contributed by atoms with van der Waals surface area (Å²) in [6.45, 7) is 5.93. The van der Waals surface area contributed by atoms with Crippen molar-refractivity contribution in [3.05, 3.63) is 59.9 Å². The fourth-order valence-electron chi connectivity index (χ4n) is 3.90. The highest BCUT2D eigenvalue weighted by atomic mass is 32.2. The number of ether oxygens (including phenoxy) is 1. The summed E-state index contributed by atoms with van der Waals surface area (Å²) >= 11 is 0. The Labute approximate surface area is 219 Å². The molecular formula is C27H38FN3O5S. The molecule has 0 unspecified atom stereocenters. The second kappa shape index (κ2) is 14.0. The lowest BCUT2D eigenvalue weighted by molar-refractivity contribution is -0.141. The first-order valence-corrected chi connectivity index (χ1v) is 14.3. The number of amides is 2. The molecular weight excluding hydrogens is 497 g/mol. The molecule has 2 amide bonds. The first-order valence-electron chi connectivity index (χ1n) is 12.5. The van der Waals surface area contributed by atoms with E-state index in [-0.39, 0.29) is 49.6 Å². The molecule has 1 N–H and O–H groups in total. The Hall–Kier alpha value is -3.14. The van der Waals surface area contributed by atoms with Crippen molar-refractivity contribution in [2.24, 2.45) is 0 Å². The number of hydrogen-bond acceptors (Lipinski definition) is 5. The van der Waals surface area contributed by atoms with Crippen LogP contribution in [0.3, 0.4) is 0 Å². The molecule has 0 saturated heterocycles. The maximum Gasteiger partial charge on any atom is 0.243 e. The molecule has 8 nitrogen and oxygen atoms in total. The number of methoxy groups -OCH3 is 1. The van der Waals surface area contributed by atoms with Gasteiger partial charge in [-0.2, -0.15) is 0 Å². The Kier molecular flexibility index (Phi) is 11.4. The number of hydrogen-bond donors (Lipinski definition) is 1. The number of nitrogens with zero attached hydrogens (tertiary/aromatic N) is 2. The first kappa shape index (κ1) is 30.1. The normalized spacial score (nSPS) is 12.9. The monoisotopic (exact) mass is 535 g/mol. The standard InChI is InChI=1S/C27H38FN3O5S/c1-6-20(3)29-27(33)25(7-2)30(19-21-10-12-22(28)13-11-21)26(32)9-8-18-31(37(5,34)35)23-14-16-24(36-4)17-15-23/h10-17,20,25H,6-9,18-19H2,1-5H3,(H,29,33)/t20-,25+/m1/s1. The van der Waals surface area contributed by atoms with Crippen molar-refractivity contribution in [2.75, 3.05) is 24.2 Å². The highest BCUT2D eigenvalue weighted by molar-refractivity contribution is 7.92. The van der Waals surface area contributed by atoms with E-state index >= 15 is 0 Å². The van der Waals surface area contributed by atoms with E-state index in [2.05, 4.69) is 5.32 Å². The van der Waals surface area contributed by atoms with E-state index in [1.54, 1.807) is 36.4 Å². The SMILES string of the molecule is CC[C@@H](C)NC(=O)[C@H](CC)N(Cc1ccc(F)cc1)C(=O)CCCN(c1ccc(OC)cc1)S(C)(=O)=O. The topological polar surface area (TPSA) is 96.0 Å². The average Bonchev–Trinajstić information content (AvgIpc) is 2.86. The molecule has 2 aromatic carbocycles. The molecule has 10 heteroatoms. The van der Waals surface area contributed by atoms with E-state index in [0.717, 1.165) is 12.7 Å². The number of anilines is 1. The van der Waals surface area contributed by atoms with Crippen LogP contribution in [0.1, 0.15) is 52.0 Å². The van der Waals surface area contributed by atoms with E-state index < -0.39 is 16.1 Å². The fourth-order valence-corrected chi connectivity index (χ4v) is 4.86. The van der Waals surface area contributed by atoms with Crippen LogP contribution in [0.5, 0.6) is 5.75 Å². The van der Waals surface area contributed by atoms with Gasteiger partial charge in [-0.1, -0.05) is 26.0 Å². The van der Waals surface area contributed by atoms with Crippen molar-refractivity contribution in [3.63, 3.8) is 0 Å². The number of carbonyl (C=O) groups excluding carboxylic acids is 2. The third kappa shape index (κ3) is 9.03. The molecule has 0 saturated carbocycles. The molecule has 0 bridgehead atoms. The first-order chi connectivity index (χ1) is 17.5. The molecule has 0 fully saturated rings. The van der Waals surface area contributed by atoms with E-state index in [0.29, 0.717) is 23.4 Å². The summed E-state index contributed by atoms with van der Waals surface area (Å²) in [7, 11) is -2.06. The molecule has 0 aromatic heterocycles. The van der Waals surface area contributed by atoms with Crippen LogP contribution < -0.4 is 14.4 Å². The number of halogens is 1. The van der Waals surface area contributed by atoms with Crippen molar-refractivity contribution < 1.29 is 27.1 Å². The molecule has 0 heterocycles. The van der Waals surface area contributed by atoms with Crippen molar-refractivity contribution >= 4 is 27.5 Å². The maximum absolute atomic E-state index is 13.4. The summed E-state index contributed by atoms with van der Waals surface area (Å²) in [5, 5.41) is 2.95. The number of rotatable bonds is 14. The van der Waals surface area contributed by atoms with Crippen LogP contribution in [0.4, 0.5) is 10.1 Å². The Bertz CT molecular complexity index is 1120. The predicted octanol–water partition coefficient (Wildman–Crippen LogP) is 4.10. The van der Waals surface area contributed by atoms with Crippen molar-refractivity contribution in [1.29, 1.82) is 0 Å². The average molecular weight is 536 g/mol. The quantitative estimate of drug-likeness (QED) is 0.393. The molecule has 37 heavy (non-hydrogen) atoms. The van der Waals surface area contributed by atoms with Gasteiger partial charge >= 0.3 is 0 Å². The van der Waals surface area contributed by atoms with Gasteiger partial charge in [0.15, 0.2) is 0 Å². The molecule has 0 aliphatic heterocycles. The van der Waals surface area contributed by atoms with Crippen LogP contribution >= 0.6 is 0 Å². The van der Waals surface area contributed by atoms with E-state index in [4.69, 9.17) is 4.74 Å². The summed E-state index contributed by atoms with van der Waals surface area (Å²) in [4.78, 5) is 27.9. The molecule has 0 spiro atoms. The van der Waals surface area contributed by atoms with E-state index in [9.17, 15) is 22.4 Å². The summed E-state index contributed by atoms with van der Waals surface area (Å²) < 4.78 is 44.7. The Morgan fingerprint density at radius 3 is 2.16 bits per heavy atom. The third-order valence-electron chi connectivity index (χ3n) is 6.17. The van der Waals surface area contributed by atoms with Crippen LogP contribution in [0, 0.1) is 5.82 Å². The van der Waals surface area contributed by atoms with Crippen molar-refractivity contribution in [1.82, 2.24) is 10.2 Å². The minimum absolute atomic E-state index is 0.0382. The minimum atomic E-state index is -3.59. The van der Waals surface area contributed by atoms with Crippen LogP contribution in [0.15, 0.2) is 48.5 Å². The van der Waals surface area contributed by atoms with Gasteiger partial charge in [-0.05, 0) is 68.1 Å². The number of carbonyl (C=O) groups is 2. The highest BCUT2D eigenvalue weighted by Gasteiger charge is 2.29. The van der Waals surface area contributed by atoms with Gasteiger partial charge in [0.2, 0.25) is 21.8 Å². The number of sulfonamides is 1. The predicted molar refractivity (Wildman–Crippen MR) is 143 cm³/mol. The smallest absolute Gasteiger partial charge is 0.243 e. The van der Waals surface area contributed by atoms with Gasteiger partial charge in [0.05, 0.1) is 19.1 Å². The number of nitrogens with one attached hydrogen (secondary N) is 1. The Morgan fingerprint density at radius 2 is 1.65 bits per heavy atom. The van der Waals surface area contributed by atoms with Gasteiger partial charge < -0.3 is 15.0 Å². The molecule has 2 atom stereocenters.